The Balaban J connectivity index is 2.85. The van der Waals surface area contributed by atoms with Crippen LogP contribution in [0.2, 0.25) is 0 Å². The summed E-state index contributed by atoms with van der Waals surface area (Å²) >= 11 is 0. The van der Waals surface area contributed by atoms with Crippen molar-refractivity contribution in [2.75, 3.05) is 6.61 Å². The molecule has 1 amide bonds. The highest BCUT2D eigenvalue weighted by Crippen LogP contribution is 1.92. The molecule has 70 valence electrons. The maximum atomic E-state index is 10.9. The third-order valence-corrected chi connectivity index (χ3v) is 1.58. The molecule has 5 nitrogen and oxygen atoms in total. The Bertz CT molecular complexity index is 301. The highest BCUT2D eigenvalue weighted by molar-refractivity contribution is 5.92. The fraction of sp³-hybridized carbons (Fsp3) is 0.250. The Hall–Kier alpha value is -1.46. The second kappa shape index (κ2) is 4.54. The van der Waals surface area contributed by atoms with Gasteiger partial charge in [-0.25, -0.2) is 10.0 Å². The highest BCUT2D eigenvalue weighted by atomic mass is 16.5. The van der Waals surface area contributed by atoms with Gasteiger partial charge in [0.25, 0.3) is 5.91 Å². The summed E-state index contributed by atoms with van der Waals surface area (Å²) in [6.45, 7) is 0.432. The molecule has 0 bridgehead atoms. The first-order valence-corrected chi connectivity index (χ1v) is 3.82. The van der Waals surface area contributed by atoms with Crippen LogP contribution in [0, 0.1) is 0 Å². The molecule has 0 aliphatic rings. The first kappa shape index (κ1) is 9.63. The fourth-order valence-electron chi connectivity index (χ4n) is 0.975. The number of amides is 1. The van der Waals surface area contributed by atoms with Gasteiger partial charge in [-0.1, -0.05) is 0 Å². The predicted octanol–water partition coefficient (Wildman–Crippen LogP) is -0.915. The van der Waals surface area contributed by atoms with Crippen molar-refractivity contribution >= 4 is 5.91 Å². The average molecular weight is 183 g/mol. The fourth-order valence-corrected chi connectivity index (χ4v) is 0.975. The van der Waals surface area contributed by atoms with E-state index in [1.807, 2.05) is 0 Å². The molecule has 1 aromatic rings. The minimum absolute atomic E-state index is 0.00879. The van der Waals surface area contributed by atoms with Crippen molar-refractivity contribution in [2.24, 2.45) is 0 Å². The van der Waals surface area contributed by atoms with Crippen LogP contribution in [-0.2, 0) is 6.54 Å². The van der Waals surface area contributed by atoms with Crippen molar-refractivity contribution in [3.63, 3.8) is 0 Å². The predicted molar refractivity (Wildman–Crippen MR) is 43.0 cm³/mol. The number of rotatable bonds is 3. The zero-order chi connectivity index (χ0) is 9.68. The molecule has 3 N–H and O–H groups in total. The summed E-state index contributed by atoms with van der Waals surface area (Å²) in [6.07, 6.45) is 3.27. The zero-order valence-electron chi connectivity index (χ0n) is 6.97. The van der Waals surface area contributed by atoms with Crippen LogP contribution < -0.4 is 10.0 Å². The molecule has 0 radical (unpaired) electrons. The van der Waals surface area contributed by atoms with Crippen LogP contribution in [0.4, 0.5) is 0 Å². The lowest BCUT2D eigenvalue weighted by Crippen LogP contribution is -2.36. The number of hydrogen-bond donors (Lipinski definition) is 3. The Kier molecular flexibility index (Phi) is 3.36. The lowest BCUT2D eigenvalue weighted by Gasteiger charge is -1.97. The van der Waals surface area contributed by atoms with E-state index in [1.54, 1.807) is 29.1 Å². The van der Waals surface area contributed by atoms with E-state index in [4.69, 9.17) is 10.3 Å². The number of carbonyl (C=O) groups excluding carboxylic acids is 1. The summed E-state index contributed by atoms with van der Waals surface area (Å²) in [6, 6.07) is 3.24. The number of aromatic nitrogens is 1. The SMILES string of the molecule is O=C(NO)c1ccc[n+](CCO)c1. The van der Waals surface area contributed by atoms with E-state index in [0.29, 0.717) is 12.1 Å². The molecular formula is C8H11N2O3+. The van der Waals surface area contributed by atoms with Crippen molar-refractivity contribution in [1.82, 2.24) is 5.48 Å². The molecule has 0 atom stereocenters. The third-order valence-electron chi connectivity index (χ3n) is 1.58. The molecule has 1 rings (SSSR count). The smallest absolute Gasteiger partial charge is 0.280 e. The van der Waals surface area contributed by atoms with Gasteiger partial charge in [0.1, 0.15) is 12.2 Å². The summed E-state index contributed by atoms with van der Waals surface area (Å²) in [5.74, 6) is -0.563. The average Bonchev–Trinajstić information content (AvgIpc) is 2.18. The largest absolute Gasteiger partial charge is 0.390 e. The van der Waals surface area contributed by atoms with Crippen LogP contribution in [0.1, 0.15) is 10.4 Å². The van der Waals surface area contributed by atoms with Gasteiger partial charge in [0.2, 0.25) is 0 Å². The maximum absolute atomic E-state index is 10.9. The molecule has 1 aromatic heterocycles. The lowest BCUT2D eigenvalue weighted by atomic mass is 10.3. The van der Waals surface area contributed by atoms with Crippen LogP contribution in [0.25, 0.3) is 0 Å². The highest BCUT2D eigenvalue weighted by Gasteiger charge is 2.08. The molecular weight excluding hydrogens is 172 g/mol. The molecule has 0 unspecified atom stereocenters. The monoisotopic (exact) mass is 183 g/mol. The number of nitrogens with one attached hydrogen (secondary N) is 1. The van der Waals surface area contributed by atoms with E-state index < -0.39 is 5.91 Å². The van der Waals surface area contributed by atoms with Crippen LogP contribution in [0.15, 0.2) is 24.5 Å². The molecule has 0 saturated carbocycles. The van der Waals surface area contributed by atoms with Crippen molar-refractivity contribution in [2.45, 2.75) is 6.54 Å². The third kappa shape index (κ3) is 2.50. The Morgan fingerprint density at radius 1 is 1.62 bits per heavy atom. The Morgan fingerprint density at radius 3 is 3.00 bits per heavy atom. The number of nitrogens with zero attached hydrogens (tertiary/aromatic N) is 1. The molecule has 0 saturated heterocycles. The normalized spacial score (nSPS) is 9.69. The van der Waals surface area contributed by atoms with Gasteiger partial charge < -0.3 is 5.11 Å². The minimum Gasteiger partial charge on any atom is -0.390 e. The molecule has 0 aliphatic carbocycles. The van der Waals surface area contributed by atoms with Crippen LogP contribution in [0.3, 0.4) is 0 Å². The van der Waals surface area contributed by atoms with Crippen LogP contribution in [-0.4, -0.2) is 22.8 Å². The number of aliphatic hydroxyl groups excluding tert-OH is 1. The Morgan fingerprint density at radius 2 is 2.38 bits per heavy atom. The van der Waals surface area contributed by atoms with Gasteiger partial charge in [0, 0.05) is 6.07 Å². The summed E-state index contributed by atoms with van der Waals surface area (Å²) in [5, 5.41) is 17.0. The van der Waals surface area contributed by atoms with E-state index in [-0.39, 0.29) is 6.61 Å². The second-order valence-electron chi connectivity index (χ2n) is 2.49. The number of aliphatic hydroxyl groups is 1. The van der Waals surface area contributed by atoms with E-state index in [0.717, 1.165) is 0 Å². The molecule has 0 aliphatic heterocycles. The first-order chi connectivity index (χ1) is 6.27. The number of hydroxylamine groups is 1. The van der Waals surface area contributed by atoms with Gasteiger partial charge >= 0.3 is 0 Å². The quantitative estimate of drug-likeness (QED) is 0.322. The molecule has 0 spiro atoms. The summed E-state index contributed by atoms with van der Waals surface area (Å²) in [7, 11) is 0. The zero-order valence-corrected chi connectivity index (χ0v) is 6.97. The second-order valence-corrected chi connectivity index (χ2v) is 2.49. The number of hydrogen-bond acceptors (Lipinski definition) is 3. The molecule has 1 heterocycles. The van der Waals surface area contributed by atoms with E-state index in [2.05, 4.69) is 0 Å². The molecule has 0 aromatic carbocycles. The van der Waals surface area contributed by atoms with E-state index in [9.17, 15) is 4.79 Å². The topological polar surface area (TPSA) is 73.4 Å². The van der Waals surface area contributed by atoms with Crippen molar-refractivity contribution < 1.29 is 19.7 Å². The van der Waals surface area contributed by atoms with Gasteiger partial charge in [-0.2, -0.15) is 0 Å². The summed E-state index contributed by atoms with van der Waals surface area (Å²) in [4.78, 5) is 10.9. The summed E-state index contributed by atoms with van der Waals surface area (Å²) in [5.41, 5.74) is 1.88. The van der Waals surface area contributed by atoms with E-state index >= 15 is 0 Å². The maximum Gasteiger partial charge on any atom is 0.280 e. The lowest BCUT2D eigenvalue weighted by molar-refractivity contribution is -0.698. The number of carbonyl (C=O) groups is 1. The standard InChI is InChI=1S/C8H10N2O3/c11-5-4-10-3-1-2-7(6-10)8(12)9-13/h1-3,6,11H,4-5H2,(H-,9,12,13)/p+1. The van der Waals surface area contributed by atoms with Gasteiger partial charge in [-0.15, -0.1) is 0 Å². The minimum atomic E-state index is -0.563. The van der Waals surface area contributed by atoms with E-state index in [1.165, 1.54) is 5.48 Å². The first-order valence-electron chi connectivity index (χ1n) is 3.82. The molecule has 0 fully saturated rings. The van der Waals surface area contributed by atoms with Crippen LogP contribution >= 0.6 is 0 Å². The van der Waals surface area contributed by atoms with Crippen molar-refractivity contribution in [3.8, 4) is 0 Å². The van der Waals surface area contributed by atoms with Crippen LogP contribution in [0.5, 0.6) is 0 Å². The molecule has 5 heteroatoms. The molecule has 13 heavy (non-hydrogen) atoms. The Labute approximate surface area is 75.2 Å². The number of pyridine rings is 1. The van der Waals surface area contributed by atoms with Gasteiger partial charge in [0.05, 0.1) is 0 Å². The summed E-state index contributed by atoms with van der Waals surface area (Å²) < 4.78 is 1.66. The van der Waals surface area contributed by atoms with Gasteiger partial charge in [0.15, 0.2) is 18.9 Å². The van der Waals surface area contributed by atoms with Crippen molar-refractivity contribution in [1.29, 1.82) is 0 Å². The van der Waals surface area contributed by atoms with Crippen molar-refractivity contribution in [3.05, 3.63) is 30.1 Å². The van der Waals surface area contributed by atoms with Gasteiger partial charge in [-0.05, 0) is 6.07 Å². The van der Waals surface area contributed by atoms with Gasteiger partial charge in [-0.3, -0.25) is 10.0 Å².